The zero-order valence-corrected chi connectivity index (χ0v) is 34.3. The van der Waals surface area contributed by atoms with Crippen molar-refractivity contribution in [3.8, 4) is 23.0 Å². The van der Waals surface area contributed by atoms with Crippen molar-refractivity contribution >= 4 is 43.7 Å². The molecule has 0 bridgehead atoms. The number of ketones is 1. The smallest absolute Gasteiger partial charge is 0.380 e. The van der Waals surface area contributed by atoms with Crippen LogP contribution in [0.25, 0.3) is 22.0 Å². The first-order valence-electron chi connectivity index (χ1n) is 19.3. The van der Waals surface area contributed by atoms with E-state index in [1.165, 1.54) is 10.9 Å². The molecule has 0 amide bonds. The van der Waals surface area contributed by atoms with Gasteiger partial charge >= 0.3 is 6.18 Å². The monoisotopic (exact) mass is 887 g/mol. The predicted octanol–water partition coefficient (Wildman–Crippen LogP) is 7.72. The van der Waals surface area contributed by atoms with Crippen molar-refractivity contribution in [1.29, 1.82) is 0 Å². The first kappa shape index (κ1) is 41.6. The quantitative estimate of drug-likeness (QED) is 0.0869. The molecule has 4 aliphatic rings. The number of rotatable bonds is 10. The van der Waals surface area contributed by atoms with Gasteiger partial charge in [-0.25, -0.2) is 13.8 Å². The number of nitrogens with zero attached hydrogens (tertiary/aromatic N) is 5. The lowest BCUT2D eigenvalue weighted by atomic mass is 9.58. The molecule has 4 heterocycles. The van der Waals surface area contributed by atoms with Gasteiger partial charge in [0.15, 0.2) is 11.5 Å². The van der Waals surface area contributed by atoms with Crippen LogP contribution >= 0.6 is 11.6 Å². The summed E-state index contributed by atoms with van der Waals surface area (Å²) in [4.78, 5) is 19.0. The van der Waals surface area contributed by atoms with E-state index < -0.39 is 92.3 Å². The average Bonchev–Trinajstić information content (AvgIpc) is 3.66. The number of ether oxygens (including phenoxy) is 1. The summed E-state index contributed by atoms with van der Waals surface area (Å²) in [6, 6.07) is 9.31. The topological polar surface area (TPSA) is 112 Å². The minimum Gasteiger partial charge on any atom is -0.380 e. The van der Waals surface area contributed by atoms with Gasteiger partial charge in [-0.05, 0) is 88.8 Å². The molecule has 2 aromatic carbocycles. The zero-order chi connectivity index (χ0) is 43.6. The number of halogens is 8. The maximum absolute atomic E-state index is 15.5. The highest BCUT2D eigenvalue weighted by molar-refractivity contribution is 7.98. The highest BCUT2D eigenvalue weighted by atomic mass is 35.5. The largest absolute Gasteiger partial charge is 0.435 e. The number of pyridine rings is 1. The number of aromatic nitrogens is 5. The Bertz CT molecular complexity index is 2830. The highest BCUT2D eigenvalue weighted by Gasteiger charge is 2.68. The number of carbonyl (C=O) groups excluding carboxylic acids is 1. The Hall–Kier alpha value is -4.76. The van der Waals surface area contributed by atoms with Crippen LogP contribution in [0.2, 0.25) is 5.02 Å². The van der Waals surface area contributed by atoms with Crippen LogP contribution in [0.4, 0.5) is 30.7 Å². The number of fused-ring (bicyclic) bond motifs is 4. The number of carbonyl (C=O) groups is 1. The van der Waals surface area contributed by atoms with Gasteiger partial charge in [0.2, 0.25) is 0 Å². The fourth-order valence-electron chi connectivity index (χ4n) is 9.58. The van der Waals surface area contributed by atoms with Gasteiger partial charge in [-0.3, -0.25) is 18.4 Å². The minimum atomic E-state index is -5.05. The van der Waals surface area contributed by atoms with Crippen molar-refractivity contribution in [2.75, 3.05) is 19.5 Å². The number of hydrogen-bond acceptors (Lipinski definition) is 7. The third-order valence-corrected chi connectivity index (χ3v) is 13.2. The number of aryl methyl sites for hydroxylation is 1. The van der Waals surface area contributed by atoms with Gasteiger partial charge in [-0.1, -0.05) is 23.6 Å². The average molecular weight is 888 g/mol. The van der Waals surface area contributed by atoms with Crippen LogP contribution in [0, 0.1) is 34.8 Å². The summed E-state index contributed by atoms with van der Waals surface area (Å²) in [7, 11) is -0.957. The third-order valence-electron chi connectivity index (χ3n) is 12.0. The van der Waals surface area contributed by atoms with Crippen molar-refractivity contribution < 1.29 is 49.6 Å². The number of Topliss-reactive ketones (excluding diaryl/α,β-unsaturated/α-hetero) is 1. The van der Waals surface area contributed by atoms with E-state index >= 15 is 8.78 Å². The summed E-state index contributed by atoms with van der Waals surface area (Å²) >= 11 is 6.73. The Balaban J connectivity index is 1.17. The highest BCUT2D eigenvalue weighted by Crippen LogP contribution is 2.68. The van der Waals surface area contributed by atoms with Gasteiger partial charge in [-0.2, -0.15) is 32.1 Å². The van der Waals surface area contributed by atoms with E-state index in [-0.39, 0.29) is 46.0 Å². The van der Waals surface area contributed by atoms with Gasteiger partial charge < -0.3 is 9.84 Å². The molecule has 18 heteroatoms. The Labute approximate surface area is 350 Å². The molecular weight excluding hydrogens is 851 g/mol. The van der Waals surface area contributed by atoms with E-state index in [0.717, 1.165) is 12.1 Å². The second-order valence-electron chi connectivity index (χ2n) is 17.2. The fraction of sp³-hybridized carbons (Fsp3) is 0.419. The van der Waals surface area contributed by atoms with Crippen LogP contribution in [-0.4, -0.2) is 70.6 Å². The number of aliphatic hydroxyl groups is 1. The second-order valence-corrected chi connectivity index (χ2v) is 20.3. The van der Waals surface area contributed by atoms with Crippen molar-refractivity contribution in [2.24, 2.45) is 18.4 Å². The van der Waals surface area contributed by atoms with Crippen molar-refractivity contribution in [1.82, 2.24) is 24.5 Å². The molecule has 1 N–H and O–H groups in total. The summed E-state index contributed by atoms with van der Waals surface area (Å²) < 4.78 is 123. The minimum absolute atomic E-state index is 0.0144. The molecule has 0 radical (unpaired) electrons. The third kappa shape index (κ3) is 7.53. The van der Waals surface area contributed by atoms with Gasteiger partial charge in [0.1, 0.15) is 35.2 Å². The summed E-state index contributed by atoms with van der Waals surface area (Å²) in [5.41, 5.74) is -2.32. The fourth-order valence-corrected chi connectivity index (χ4v) is 10.6. The van der Waals surface area contributed by atoms with Crippen molar-refractivity contribution in [2.45, 2.75) is 73.9 Å². The molecule has 4 atom stereocenters. The Morgan fingerprint density at radius 2 is 1.79 bits per heavy atom. The van der Waals surface area contributed by atoms with Crippen LogP contribution in [0.1, 0.15) is 77.1 Å². The maximum atomic E-state index is 15.5. The molecule has 1 aliphatic heterocycles. The van der Waals surface area contributed by atoms with Crippen molar-refractivity contribution in [3.63, 3.8) is 0 Å². The predicted molar refractivity (Wildman–Crippen MR) is 213 cm³/mol. The maximum Gasteiger partial charge on any atom is 0.435 e. The summed E-state index contributed by atoms with van der Waals surface area (Å²) in [6.07, 6.45) is -3.72. The molecule has 9 rings (SSSR count). The van der Waals surface area contributed by atoms with E-state index in [1.807, 2.05) is 0 Å². The van der Waals surface area contributed by atoms with Gasteiger partial charge in [0.05, 0.1) is 40.9 Å². The van der Waals surface area contributed by atoms with Crippen LogP contribution in [0.3, 0.4) is 0 Å². The van der Waals surface area contributed by atoms with Gasteiger partial charge in [-0.15, -0.1) is 0 Å². The van der Waals surface area contributed by atoms with E-state index in [2.05, 4.69) is 27.9 Å². The van der Waals surface area contributed by atoms with E-state index in [9.17, 15) is 36.1 Å². The molecule has 320 valence electrons. The summed E-state index contributed by atoms with van der Waals surface area (Å²) in [6.45, 7) is 0.0710. The first-order chi connectivity index (χ1) is 28.5. The van der Waals surface area contributed by atoms with Gasteiger partial charge in [0.25, 0.3) is 5.92 Å². The van der Waals surface area contributed by atoms with Crippen LogP contribution in [0.15, 0.2) is 42.5 Å². The van der Waals surface area contributed by atoms with E-state index in [1.54, 1.807) is 31.3 Å². The SMILES string of the molecule is C=S(C)(=O)Cc1nn(C)c2c(-c3ccc(C#CC4(O)CC5(COC5)C4)nc3[C@@H](CC(=O)Cn3nc(C(F)(F)F)c4c3C(F)(F)[C@@H]3C[C@H]43)Cc3cc(F)cc(F)c3)ccc(Cl)c12. The molecule has 3 fully saturated rings. The summed E-state index contributed by atoms with van der Waals surface area (Å²) in [5.74, 6) is -0.142. The Kier molecular flexibility index (Phi) is 9.63. The number of hydrogen-bond donors (Lipinski definition) is 1. The normalized spacial score (nSPS) is 21.8. The standard InChI is InChI=1S/C43H37ClF7N5O4S/c1-55-37-29(6-7-32(44)35(37)33(53-55)17-61(2,3)59)28-5-4-26(8-9-41(58)18-40(19-41)20-60-21-40)52-36(28)23(10-22-11-24(45)14-25(46)12-22)13-27(57)16-56-39-34(38(54-56)43(49,50)51)30-15-31(30)42(39,47)48/h4-7,11-12,14,23,30-31,58H,2,10,13,15-21H2,1,3H3/t23-,30+,31-,61?/m1/s1. The molecule has 1 spiro atoms. The molecule has 5 aromatic rings. The second kappa shape index (κ2) is 14.1. The molecule has 1 saturated heterocycles. The zero-order valence-electron chi connectivity index (χ0n) is 32.7. The van der Waals surface area contributed by atoms with Crippen LogP contribution in [-0.2, 0) is 56.9 Å². The first-order valence-corrected chi connectivity index (χ1v) is 22.0. The molecule has 1 unspecified atom stereocenters. The molecule has 9 nitrogen and oxygen atoms in total. The molecule has 3 aliphatic carbocycles. The van der Waals surface area contributed by atoms with Crippen LogP contribution < -0.4 is 0 Å². The number of alkyl halides is 5. The van der Waals surface area contributed by atoms with Crippen LogP contribution in [0.5, 0.6) is 0 Å². The molecular formula is C43H37ClF7N5O4S. The number of benzene rings is 2. The lowest BCUT2D eigenvalue weighted by Crippen LogP contribution is -2.60. The lowest BCUT2D eigenvalue weighted by Gasteiger charge is -2.55. The van der Waals surface area contributed by atoms with Gasteiger partial charge in [0, 0.05) is 65.1 Å². The molecule has 2 saturated carbocycles. The Morgan fingerprint density at radius 3 is 2.43 bits per heavy atom. The Morgan fingerprint density at radius 1 is 1.10 bits per heavy atom. The van der Waals surface area contributed by atoms with E-state index in [0.29, 0.717) is 64.5 Å². The lowest BCUT2D eigenvalue weighted by molar-refractivity contribution is -0.219. The van der Waals surface area contributed by atoms with E-state index in [4.69, 9.17) is 21.3 Å². The summed E-state index contributed by atoms with van der Waals surface area (Å²) in [5, 5.41) is 20.0. The van der Waals surface area contributed by atoms with Crippen molar-refractivity contribution in [3.05, 3.63) is 98.7 Å². The molecule has 3 aromatic heterocycles. The molecule has 61 heavy (non-hydrogen) atoms.